The zero-order chi connectivity index (χ0) is 20.6. The molecule has 3 nitrogen and oxygen atoms in total. The first-order valence-electron chi connectivity index (χ1n) is 10.2. The number of allylic oxidation sites excluding steroid dienone is 1. The highest BCUT2D eigenvalue weighted by Gasteiger charge is 2.22. The van der Waals surface area contributed by atoms with Crippen LogP contribution in [0.4, 0.5) is 8.78 Å². The van der Waals surface area contributed by atoms with Crippen LogP contribution < -0.4 is 9.47 Å². The molecule has 0 amide bonds. The lowest BCUT2D eigenvalue weighted by Crippen LogP contribution is -2.24. The van der Waals surface area contributed by atoms with E-state index >= 15 is 0 Å². The third-order valence-corrected chi connectivity index (χ3v) is 5.22. The molecule has 0 aromatic heterocycles. The summed E-state index contributed by atoms with van der Waals surface area (Å²) in [6.07, 6.45) is 6.46. The fourth-order valence-electron chi connectivity index (χ4n) is 3.54. The van der Waals surface area contributed by atoms with Crippen molar-refractivity contribution in [3.05, 3.63) is 71.8 Å². The van der Waals surface area contributed by atoms with E-state index in [1.807, 2.05) is 18.2 Å². The largest absolute Gasteiger partial charge is 0.491 e. The molecule has 2 atom stereocenters. The van der Waals surface area contributed by atoms with Crippen LogP contribution in [0.3, 0.4) is 0 Å². The monoisotopic (exact) mass is 402 g/mol. The Balaban J connectivity index is 1.54. The van der Waals surface area contributed by atoms with Crippen LogP contribution in [-0.4, -0.2) is 19.3 Å². The van der Waals surface area contributed by atoms with Gasteiger partial charge in [0.25, 0.3) is 0 Å². The molecule has 2 aromatic carbocycles. The average Bonchev–Trinajstić information content (AvgIpc) is 2.76. The van der Waals surface area contributed by atoms with Crippen LogP contribution in [0.15, 0.2) is 49.1 Å². The van der Waals surface area contributed by atoms with Crippen molar-refractivity contribution in [1.29, 1.82) is 0 Å². The summed E-state index contributed by atoms with van der Waals surface area (Å²) in [7, 11) is 0. The fourth-order valence-corrected chi connectivity index (χ4v) is 3.54. The molecule has 5 heteroatoms. The molecule has 2 unspecified atom stereocenters. The maximum atomic E-state index is 14.1. The number of hydrogen-bond donors (Lipinski definition) is 0. The van der Waals surface area contributed by atoms with Crippen molar-refractivity contribution in [2.24, 2.45) is 0 Å². The van der Waals surface area contributed by atoms with Crippen molar-refractivity contribution in [3.8, 4) is 11.5 Å². The maximum absolute atomic E-state index is 14.1. The van der Waals surface area contributed by atoms with Crippen LogP contribution in [0.1, 0.15) is 49.7 Å². The molecule has 0 saturated carbocycles. The Hall–Kier alpha value is -2.40. The van der Waals surface area contributed by atoms with Crippen LogP contribution in [0.5, 0.6) is 11.5 Å². The van der Waals surface area contributed by atoms with E-state index in [-0.39, 0.29) is 24.7 Å². The minimum Gasteiger partial charge on any atom is -0.491 e. The lowest BCUT2D eigenvalue weighted by atomic mass is 9.90. The van der Waals surface area contributed by atoms with E-state index in [4.69, 9.17) is 14.2 Å². The van der Waals surface area contributed by atoms with Crippen LogP contribution in [0, 0.1) is 11.6 Å². The second-order valence-electron chi connectivity index (χ2n) is 7.25. The van der Waals surface area contributed by atoms with Crippen molar-refractivity contribution in [1.82, 2.24) is 0 Å². The normalized spacial score (nSPS) is 19.0. The van der Waals surface area contributed by atoms with Crippen molar-refractivity contribution >= 4 is 0 Å². The fraction of sp³-hybridized carbons (Fsp3) is 0.417. The molecule has 1 aliphatic heterocycles. The Kier molecular flexibility index (Phi) is 7.64. The minimum absolute atomic E-state index is 0.108. The molecule has 0 bridgehead atoms. The molecular weight excluding hydrogens is 374 g/mol. The second-order valence-corrected chi connectivity index (χ2v) is 7.25. The quantitative estimate of drug-likeness (QED) is 0.469. The number of halogens is 2. The van der Waals surface area contributed by atoms with Crippen molar-refractivity contribution < 1.29 is 23.0 Å². The predicted molar refractivity (Wildman–Crippen MR) is 109 cm³/mol. The van der Waals surface area contributed by atoms with Crippen molar-refractivity contribution in [2.75, 3.05) is 13.2 Å². The number of rotatable bonds is 9. The summed E-state index contributed by atoms with van der Waals surface area (Å²) < 4.78 is 44.5. The van der Waals surface area contributed by atoms with Gasteiger partial charge in [-0.25, -0.2) is 0 Å². The molecule has 1 saturated heterocycles. The summed E-state index contributed by atoms with van der Waals surface area (Å²) in [5.41, 5.74) is 2.12. The van der Waals surface area contributed by atoms with E-state index in [2.05, 4.69) is 18.7 Å². The van der Waals surface area contributed by atoms with Crippen LogP contribution >= 0.6 is 0 Å². The Morgan fingerprint density at radius 3 is 2.31 bits per heavy atom. The molecule has 3 rings (SSSR count). The Labute approximate surface area is 171 Å². The highest BCUT2D eigenvalue weighted by atomic mass is 19.2. The van der Waals surface area contributed by atoms with Gasteiger partial charge in [0.05, 0.1) is 19.3 Å². The molecule has 0 aliphatic carbocycles. The molecule has 2 aromatic rings. The van der Waals surface area contributed by atoms with E-state index in [1.54, 1.807) is 6.92 Å². The summed E-state index contributed by atoms with van der Waals surface area (Å²) in [6, 6.07) is 10.8. The van der Waals surface area contributed by atoms with Gasteiger partial charge in [0.1, 0.15) is 6.61 Å². The van der Waals surface area contributed by atoms with Gasteiger partial charge < -0.3 is 14.2 Å². The van der Waals surface area contributed by atoms with Gasteiger partial charge in [-0.2, -0.15) is 8.78 Å². The third-order valence-electron chi connectivity index (χ3n) is 5.22. The molecule has 29 heavy (non-hydrogen) atoms. The predicted octanol–water partition coefficient (Wildman–Crippen LogP) is 6.17. The summed E-state index contributed by atoms with van der Waals surface area (Å²) in [4.78, 5) is 0. The van der Waals surface area contributed by atoms with Gasteiger partial charge in [0.15, 0.2) is 11.5 Å². The SMILES string of the molecule is C=CCCC1CCC(c2ccc(COc3ccc(OCC)c(F)c3F)cc2)CO1. The molecule has 1 heterocycles. The van der Waals surface area contributed by atoms with Crippen LogP contribution in [0.25, 0.3) is 0 Å². The molecule has 0 spiro atoms. The van der Waals surface area contributed by atoms with Gasteiger partial charge in [-0.3, -0.25) is 0 Å². The smallest absolute Gasteiger partial charge is 0.204 e. The molecule has 1 aliphatic rings. The van der Waals surface area contributed by atoms with E-state index in [0.717, 1.165) is 37.9 Å². The highest BCUT2D eigenvalue weighted by Crippen LogP contribution is 2.31. The third kappa shape index (κ3) is 5.57. The van der Waals surface area contributed by atoms with E-state index in [9.17, 15) is 8.78 Å². The summed E-state index contributed by atoms with van der Waals surface area (Å²) >= 11 is 0. The Morgan fingerprint density at radius 1 is 1.03 bits per heavy atom. The average molecular weight is 402 g/mol. The maximum Gasteiger partial charge on any atom is 0.204 e. The summed E-state index contributed by atoms with van der Waals surface area (Å²) in [5, 5.41) is 0. The minimum atomic E-state index is -1.03. The molecule has 1 fully saturated rings. The van der Waals surface area contributed by atoms with Crippen LogP contribution in [0.2, 0.25) is 0 Å². The number of benzene rings is 2. The zero-order valence-electron chi connectivity index (χ0n) is 16.8. The van der Waals surface area contributed by atoms with Gasteiger partial charge in [-0.05, 0) is 55.9 Å². The van der Waals surface area contributed by atoms with E-state index < -0.39 is 11.6 Å². The summed E-state index contributed by atoms with van der Waals surface area (Å²) in [5.74, 6) is -1.90. The topological polar surface area (TPSA) is 27.7 Å². The Morgan fingerprint density at radius 2 is 1.72 bits per heavy atom. The second kappa shape index (κ2) is 10.4. The van der Waals surface area contributed by atoms with Gasteiger partial charge in [-0.15, -0.1) is 6.58 Å². The molecule has 0 N–H and O–H groups in total. The lowest BCUT2D eigenvalue weighted by molar-refractivity contribution is -0.000178. The highest BCUT2D eigenvalue weighted by molar-refractivity contribution is 5.35. The van der Waals surface area contributed by atoms with Crippen LogP contribution in [-0.2, 0) is 11.3 Å². The standard InChI is InChI=1S/C24H28F2O3/c1-3-5-6-20-12-11-19(16-28-20)18-9-7-17(8-10-18)15-29-22-14-13-21(27-4-2)23(25)24(22)26/h3,7-10,13-14,19-20H,1,4-6,11-12,15-16H2,2H3. The number of ether oxygens (including phenoxy) is 3. The molecule has 0 radical (unpaired) electrons. The first kappa shape index (κ1) is 21.3. The van der Waals surface area contributed by atoms with Gasteiger partial charge >= 0.3 is 0 Å². The zero-order valence-corrected chi connectivity index (χ0v) is 16.8. The Bertz CT molecular complexity index is 797. The lowest BCUT2D eigenvalue weighted by Gasteiger charge is -2.29. The molecular formula is C24H28F2O3. The van der Waals surface area contributed by atoms with E-state index in [0.29, 0.717) is 12.0 Å². The summed E-state index contributed by atoms with van der Waals surface area (Å²) in [6.45, 7) is 6.64. The first-order chi connectivity index (χ1) is 14.1. The first-order valence-corrected chi connectivity index (χ1v) is 10.2. The van der Waals surface area contributed by atoms with Gasteiger partial charge in [0.2, 0.25) is 11.6 Å². The van der Waals surface area contributed by atoms with Crippen molar-refractivity contribution in [2.45, 2.75) is 51.2 Å². The van der Waals surface area contributed by atoms with E-state index in [1.165, 1.54) is 17.7 Å². The molecule has 156 valence electrons. The number of hydrogen-bond acceptors (Lipinski definition) is 3. The van der Waals surface area contributed by atoms with Gasteiger partial charge in [0, 0.05) is 5.92 Å². The van der Waals surface area contributed by atoms with Gasteiger partial charge in [-0.1, -0.05) is 30.3 Å². The van der Waals surface area contributed by atoms with Crippen molar-refractivity contribution in [3.63, 3.8) is 0 Å².